The number of carbonyl (C=O) groups is 1. The largest absolute Gasteiger partial charge is 0.355 e. The fourth-order valence-corrected chi connectivity index (χ4v) is 2.14. The standard InChI is InChI=1S/C15H22N2O/c1-11(12-5-3-2-4-6-12)10-17-15(18)9-14(16)13-7-8-13/h2-6,11,13-14H,7-10,16H2,1H3,(H,17,18). The lowest BCUT2D eigenvalue weighted by atomic mass is 10.0. The quantitative estimate of drug-likeness (QED) is 0.807. The fraction of sp³-hybridized carbons (Fsp3) is 0.533. The predicted octanol–water partition coefficient (Wildman–Crippen LogP) is 2.03. The van der Waals surface area contributed by atoms with Crippen molar-refractivity contribution in [3.05, 3.63) is 35.9 Å². The Balaban J connectivity index is 1.72. The van der Waals surface area contributed by atoms with Crippen molar-refractivity contribution in [2.45, 2.75) is 38.1 Å². The number of carbonyl (C=O) groups excluding carboxylic acids is 1. The van der Waals surface area contributed by atoms with Crippen molar-refractivity contribution in [3.63, 3.8) is 0 Å². The molecule has 2 atom stereocenters. The minimum atomic E-state index is 0.0528. The summed E-state index contributed by atoms with van der Waals surface area (Å²) >= 11 is 0. The molecule has 3 N–H and O–H groups in total. The molecule has 0 saturated heterocycles. The van der Waals surface area contributed by atoms with Crippen LogP contribution in [-0.4, -0.2) is 18.5 Å². The molecule has 0 spiro atoms. The summed E-state index contributed by atoms with van der Waals surface area (Å²) in [4.78, 5) is 11.7. The first-order valence-corrected chi connectivity index (χ1v) is 6.74. The summed E-state index contributed by atoms with van der Waals surface area (Å²) in [5.74, 6) is 1.01. The van der Waals surface area contributed by atoms with Crippen LogP contribution in [0.4, 0.5) is 0 Å². The van der Waals surface area contributed by atoms with Gasteiger partial charge in [0, 0.05) is 19.0 Å². The number of nitrogens with two attached hydrogens (primary N) is 1. The number of amides is 1. The molecular weight excluding hydrogens is 224 g/mol. The molecule has 2 unspecified atom stereocenters. The number of nitrogens with one attached hydrogen (secondary N) is 1. The van der Waals surface area contributed by atoms with Crippen molar-refractivity contribution in [2.24, 2.45) is 11.7 Å². The van der Waals surface area contributed by atoms with E-state index >= 15 is 0 Å². The maximum absolute atomic E-state index is 11.7. The maximum Gasteiger partial charge on any atom is 0.221 e. The molecule has 0 radical (unpaired) electrons. The first kappa shape index (κ1) is 13.1. The summed E-state index contributed by atoms with van der Waals surface area (Å²) in [5.41, 5.74) is 7.19. The number of benzene rings is 1. The molecule has 1 aliphatic carbocycles. The van der Waals surface area contributed by atoms with E-state index in [0.717, 1.165) is 0 Å². The van der Waals surface area contributed by atoms with Gasteiger partial charge in [0.2, 0.25) is 5.91 Å². The van der Waals surface area contributed by atoms with E-state index in [1.807, 2.05) is 18.2 Å². The Bertz CT molecular complexity index is 387. The molecule has 1 aliphatic rings. The van der Waals surface area contributed by atoms with Gasteiger partial charge >= 0.3 is 0 Å². The zero-order valence-corrected chi connectivity index (χ0v) is 10.9. The van der Waals surface area contributed by atoms with Crippen LogP contribution in [0.3, 0.4) is 0 Å². The smallest absolute Gasteiger partial charge is 0.221 e. The molecule has 18 heavy (non-hydrogen) atoms. The van der Waals surface area contributed by atoms with Crippen molar-refractivity contribution < 1.29 is 4.79 Å². The fourth-order valence-electron chi connectivity index (χ4n) is 2.14. The summed E-state index contributed by atoms with van der Waals surface area (Å²) < 4.78 is 0. The molecular formula is C15H22N2O. The Kier molecular flexibility index (Phi) is 4.37. The minimum Gasteiger partial charge on any atom is -0.355 e. The lowest BCUT2D eigenvalue weighted by molar-refractivity contribution is -0.121. The van der Waals surface area contributed by atoms with E-state index in [9.17, 15) is 4.79 Å². The third kappa shape index (κ3) is 3.84. The van der Waals surface area contributed by atoms with Gasteiger partial charge in [0.25, 0.3) is 0 Å². The molecule has 0 aliphatic heterocycles. The van der Waals surface area contributed by atoms with Crippen LogP contribution in [0.1, 0.15) is 37.7 Å². The molecule has 1 amide bonds. The van der Waals surface area contributed by atoms with Crippen LogP contribution < -0.4 is 11.1 Å². The van der Waals surface area contributed by atoms with Gasteiger partial charge in [-0.25, -0.2) is 0 Å². The highest BCUT2D eigenvalue weighted by molar-refractivity contribution is 5.76. The van der Waals surface area contributed by atoms with E-state index in [1.165, 1.54) is 18.4 Å². The molecule has 1 fully saturated rings. The zero-order valence-electron chi connectivity index (χ0n) is 10.9. The van der Waals surface area contributed by atoms with Crippen LogP contribution in [0.2, 0.25) is 0 Å². The Morgan fingerprint density at radius 1 is 1.39 bits per heavy atom. The van der Waals surface area contributed by atoms with E-state index in [0.29, 0.717) is 24.8 Å². The van der Waals surface area contributed by atoms with Crippen LogP contribution in [0, 0.1) is 5.92 Å². The molecule has 0 aromatic heterocycles. The molecule has 1 saturated carbocycles. The lowest BCUT2D eigenvalue weighted by Crippen LogP contribution is -2.34. The first-order chi connectivity index (χ1) is 8.66. The van der Waals surface area contributed by atoms with Crippen LogP contribution in [0.25, 0.3) is 0 Å². The van der Waals surface area contributed by atoms with E-state index in [1.54, 1.807) is 0 Å². The maximum atomic E-state index is 11.7. The molecule has 1 aromatic carbocycles. The molecule has 98 valence electrons. The third-order valence-corrected chi connectivity index (χ3v) is 3.62. The molecule has 1 aromatic rings. The monoisotopic (exact) mass is 246 g/mol. The Morgan fingerprint density at radius 2 is 2.06 bits per heavy atom. The van der Waals surface area contributed by atoms with Gasteiger partial charge in [0.05, 0.1) is 0 Å². The van der Waals surface area contributed by atoms with Crippen molar-refractivity contribution in [1.82, 2.24) is 5.32 Å². The summed E-state index contributed by atoms with van der Waals surface area (Å²) in [6.07, 6.45) is 2.84. The van der Waals surface area contributed by atoms with Gasteiger partial charge in [0.15, 0.2) is 0 Å². The topological polar surface area (TPSA) is 55.1 Å². The highest BCUT2D eigenvalue weighted by Crippen LogP contribution is 2.32. The van der Waals surface area contributed by atoms with Gasteiger partial charge in [-0.2, -0.15) is 0 Å². The molecule has 0 heterocycles. The zero-order chi connectivity index (χ0) is 13.0. The van der Waals surface area contributed by atoms with Crippen LogP contribution in [0.5, 0.6) is 0 Å². The lowest BCUT2D eigenvalue weighted by Gasteiger charge is -2.14. The molecule has 3 nitrogen and oxygen atoms in total. The number of rotatable bonds is 6. The SMILES string of the molecule is CC(CNC(=O)CC(N)C1CC1)c1ccccc1. The van der Waals surface area contributed by atoms with Gasteiger partial charge in [0.1, 0.15) is 0 Å². The number of hydrogen-bond donors (Lipinski definition) is 2. The van der Waals surface area contributed by atoms with E-state index < -0.39 is 0 Å². The van der Waals surface area contributed by atoms with Gasteiger partial charge in [-0.15, -0.1) is 0 Å². The Morgan fingerprint density at radius 3 is 2.67 bits per heavy atom. The summed E-state index contributed by atoms with van der Waals surface area (Å²) in [6, 6.07) is 10.3. The highest BCUT2D eigenvalue weighted by atomic mass is 16.1. The van der Waals surface area contributed by atoms with Crippen molar-refractivity contribution in [2.75, 3.05) is 6.54 Å². The summed E-state index contributed by atoms with van der Waals surface area (Å²) in [5, 5.41) is 2.98. The van der Waals surface area contributed by atoms with Crippen molar-refractivity contribution in [3.8, 4) is 0 Å². The van der Waals surface area contributed by atoms with Crippen molar-refractivity contribution >= 4 is 5.91 Å². The second-order valence-electron chi connectivity index (χ2n) is 5.32. The second-order valence-corrected chi connectivity index (χ2v) is 5.32. The second kappa shape index (κ2) is 6.01. The summed E-state index contributed by atoms with van der Waals surface area (Å²) in [7, 11) is 0. The molecule has 2 rings (SSSR count). The highest BCUT2D eigenvalue weighted by Gasteiger charge is 2.29. The average molecular weight is 246 g/mol. The van der Waals surface area contributed by atoms with Gasteiger partial charge in [-0.1, -0.05) is 37.3 Å². The Hall–Kier alpha value is -1.35. The predicted molar refractivity (Wildman–Crippen MR) is 73.2 cm³/mol. The molecule has 3 heteroatoms. The van der Waals surface area contributed by atoms with Crippen LogP contribution in [0.15, 0.2) is 30.3 Å². The normalized spacial score (nSPS) is 18.1. The number of hydrogen-bond acceptors (Lipinski definition) is 2. The third-order valence-electron chi connectivity index (χ3n) is 3.62. The van der Waals surface area contributed by atoms with Gasteiger partial charge in [-0.05, 0) is 30.2 Å². The minimum absolute atomic E-state index is 0.0528. The molecule has 0 bridgehead atoms. The van der Waals surface area contributed by atoms with E-state index in [4.69, 9.17) is 5.73 Å². The van der Waals surface area contributed by atoms with Gasteiger partial charge < -0.3 is 11.1 Å². The van der Waals surface area contributed by atoms with Crippen LogP contribution >= 0.6 is 0 Å². The van der Waals surface area contributed by atoms with Crippen LogP contribution in [-0.2, 0) is 4.79 Å². The van der Waals surface area contributed by atoms with Crippen molar-refractivity contribution in [1.29, 1.82) is 0 Å². The van der Waals surface area contributed by atoms with E-state index in [2.05, 4.69) is 24.4 Å². The van der Waals surface area contributed by atoms with E-state index in [-0.39, 0.29) is 11.9 Å². The average Bonchev–Trinajstić information content (AvgIpc) is 3.21. The van der Waals surface area contributed by atoms with Gasteiger partial charge in [-0.3, -0.25) is 4.79 Å². The first-order valence-electron chi connectivity index (χ1n) is 6.74. The Labute approximate surface area is 109 Å². The summed E-state index contributed by atoms with van der Waals surface area (Å²) in [6.45, 7) is 2.80.